The lowest BCUT2D eigenvalue weighted by Gasteiger charge is -2.33. The van der Waals surface area contributed by atoms with E-state index in [1.165, 1.54) is 0 Å². The smallest absolute Gasteiger partial charge is 0.390 e. The van der Waals surface area contributed by atoms with Crippen LogP contribution in [0.25, 0.3) is 5.57 Å². The van der Waals surface area contributed by atoms with Gasteiger partial charge >= 0.3 is 6.18 Å². The highest BCUT2D eigenvalue weighted by Crippen LogP contribution is 2.38. The van der Waals surface area contributed by atoms with E-state index in [0.717, 1.165) is 60.6 Å². The third kappa shape index (κ3) is 9.50. The molecule has 2 aromatic rings. The normalized spacial score (nSPS) is 16.2. The van der Waals surface area contributed by atoms with Gasteiger partial charge in [0.25, 0.3) is 5.92 Å². The number of carbonyl (C=O) groups excluding carboxylic acids is 1. The maximum Gasteiger partial charge on any atom is 0.416 e. The van der Waals surface area contributed by atoms with E-state index in [1.807, 2.05) is 44.2 Å². The SMILES string of the molecule is C\C=N/C(=C\C(=C\NCC(C)(C)c1cc(C(C)(F)F)cc(C(F)(F)F)c1)c1ccccc1C)N1CCC(CC(C)=O)CC1. The summed E-state index contributed by atoms with van der Waals surface area (Å²) < 4.78 is 69.2. The van der Waals surface area contributed by atoms with Crippen molar-refractivity contribution in [1.82, 2.24) is 10.2 Å². The van der Waals surface area contributed by atoms with Crippen LogP contribution in [0.5, 0.6) is 0 Å². The molecule has 0 atom stereocenters. The van der Waals surface area contributed by atoms with Crippen molar-refractivity contribution in [3.05, 3.63) is 88.4 Å². The molecule has 1 heterocycles. The van der Waals surface area contributed by atoms with Crippen molar-refractivity contribution in [3.63, 3.8) is 0 Å². The lowest BCUT2D eigenvalue weighted by atomic mass is 9.82. The summed E-state index contributed by atoms with van der Waals surface area (Å²) in [6.07, 6.45) is 3.13. The number of Topliss-reactive ketones (excluding diaryl/α,β-unsaturated/α-hetero) is 1. The van der Waals surface area contributed by atoms with Crippen LogP contribution in [0.3, 0.4) is 0 Å². The molecule has 43 heavy (non-hydrogen) atoms. The molecular weight excluding hydrogens is 561 g/mol. The van der Waals surface area contributed by atoms with E-state index >= 15 is 0 Å². The van der Waals surface area contributed by atoms with Gasteiger partial charge in [-0.2, -0.15) is 13.2 Å². The van der Waals surface area contributed by atoms with Crippen molar-refractivity contribution < 1.29 is 26.7 Å². The van der Waals surface area contributed by atoms with E-state index < -0.39 is 28.6 Å². The summed E-state index contributed by atoms with van der Waals surface area (Å²) >= 11 is 0. The van der Waals surface area contributed by atoms with E-state index in [4.69, 9.17) is 0 Å². The standard InChI is InChI=1S/C34H42F5N3O/c1-7-41-31(42-14-12-25(13-15-42)16-24(3)43)17-26(30-11-9-8-10-23(30)2)21-40-22-32(4,5)27-18-28(33(6,35)36)20-29(19-27)34(37,38)39/h7-11,17-21,25,40H,12-16,22H2,1-6H3/b26-21-,31-17+,41-7-. The number of halogens is 5. The number of carbonyl (C=O) groups is 1. The minimum absolute atomic E-state index is 0.164. The van der Waals surface area contributed by atoms with Gasteiger partial charge in [-0.05, 0) is 80.5 Å². The minimum Gasteiger partial charge on any atom is -0.390 e. The van der Waals surface area contributed by atoms with Crippen LogP contribution in [0.15, 0.2) is 65.6 Å². The van der Waals surface area contributed by atoms with Crippen LogP contribution in [-0.4, -0.2) is 36.5 Å². The first-order valence-electron chi connectivity index (χ1n) is 14.6. The summed E-state index contributed by atoms with van der Waals surface area (Å²) in [7, 11) is 0. The Morgan fingerprint density at radius 3 is 2.16 bits per heavy atom. The van der Waals surface area contributed by atoms with Gasteiger partial charge in [0.05, 0.1) is 5.56 Å². The summed E-state index contributed by atoms with van der Waals surface area (Å²) in [5.74, 6) is -2.09. The monoisotopic (exact) mass is 603 g/mol. The molecule has 0 radical (unpaired) electrons. The lowest BCUT2D eigenvalue weighted by Crippen LogP contribution is -2.33. The summed E-state index contributed by atoms with van der Waals surface area (Å²) in [5, 5.41) is 3.26. The zero-order valence-electron chi connectivity index (χ0n) is 25.8. The first kappa shape index (κ1) is 34.0. The second-order valence-corrected chi connectivity index (χ2v) is 12.1. The van der Waals surface area contributed by atoms with Gasteiger partial charge in [0, 0.05) is 61.9 Å². The predicted octanol–water partition coefficient (Wildman–Crippen LogP) is 8.66. The van der Waals surface area contributed by atoms with Gasteiger partial charge < -0.3 is 15.0 Å². The minimum atomic E-state index is -4.75. The van der Waals surface area contributed by atoms with Gasteiger partial charge in [0.1, 0.15) is 11.6 Å². The summed E-state index contributed by atoms with van der Waals surface area (Å²) in [4.78, 5) is 18.4. The van der Waals surface area contributed by atoms with E-state index in [0.29, 0.717) is 25.3 Å². The summed E-state index contributed by atoms with van der Waals surface area (Å²) in [6.45, 7) is 11.2. The molecule has 1 aliphatic rings. The highest BCUT2D eigenvalue weighted by Gasteiger charge is 2.36. The Morgan fingerprint density at radius 1 is 1.00 bits per heavy atom. The maximum atomic E-state index is 14.2. The van der Waals surface area contributed by atoms with Gasteiger partial charge in [-0.25, -0.2) is 13.8 Å². The zero-order chi connectivity index (χ0) is 32.0. The second-order valence-electron chi connectivity index (χ2n) is 12.1. The Bertz CT molecular complexity index is 1330. The molecule has 0 aliphatic carbocycles. The van der Waals surface area contributed by atoms with Gasteiger partial charge in [-0.3, -0.25) is 0 Å². The molecule has 9 heteroatoms. The molecule has 1 saturated heterocycles. The van der Waals surface area contributed by atoms with Crippen molar-refractivity contribution in [3.8, 4) is 0 Å². The van der Waals surface area contributed by atoms with Crippen LogP contribution in [-0.2, 0) is 22.3 Å². The molecule has 1 fully saturated rings. The third-order valence-corrected chi connectivity index (χ3v) is 7.87. The molecule has 3 rings (SSSR count). The number of nitrogens with one attached hydrogen (secondary N) is 1. The Balaban J connectivity index is 1.95. The molecular formula is C34H42F5N3O. The molecule has 0 spiro atoms. The number of rotatable bonds is 11. The fourth-order valence-electron chi connectivity index (χ4n) is 5.30. The first-order valence-corrected chi connectivity index (χ1v) is 14.6. The molecule has 1 N–H and O–H groups in total. The van der Waals surface area contributed by atoms with Crippen molar-refractivity contribution in [2.75, 3.05) is 19.6 Å². The van der Waals surface area contributed by atoms with E-state index in [1.54, 1.807) is 33.2 Å². The summed E-state index contributed by atoms with van der Waals surface area (Å²) in [5.41, 5.74) is 0.291. The quantitative estimate of drug-likeness (QED) is 0.159. The molecule has 4 nitrogen and oxygen atoms in total. The van der Waals surface area contributed by atoms with Crippen molar-refractivity contribution in [2.24, 2.45) is 10.9 Å². The molecule has 0 unspecified atom stereocenters. The molecule has 234 valence electrons. The third-order valence-electron chi connectivity index (χ3n) is 7.87. The zero-order valence-corrected chi connectivity index (χ0v) is 25.8. The first-order chi connectivity index (χ1) is 20.0. The number of ketones is 1. The second kappa shape index (κ2) is 13.9. The van der Waals surface area contributed by atoms with Crippen LogP contribution in [0.2, 0.25) is 0 Å². The number of alkyl halides is 5. The highest BCUT2D eigenvalue weighted by molar-refractivity contribution is 5.77. The van der Waals surface area contributed by atoms with Crippen LogP contribution >= 0.6 is 0 Å². The number of hydrogen-bond donors (Lipinski definition) is 1. The number of likely N-dealkylation sites (tertiary alicyclic amines) is 1. The fourth-order valence-corrected chi connectivity index (χ4v) is 5.30. The molecule has 1 aliphatic heterocycles. The Labute approximate surface area is 251 Å². The van der Waals surface area contributed by atoms with E-state index in [9.17, 15) is 26.7 Å². The fraction of sp³-hybridized carbons (Fsp3) is 0.471. The Kier molecular flexibility index (Phi) is 11.0. The number of piperidine rings is 1. The van der Waals surface area contributed by atoms with Gasteiger partial charge in [0.15, 0.2) is 0 Å². The number of aliphatic imine (C=N–C) groups is 1. The molecule has 0 aromatic heterocycles. The molecule has 0 bridgehead atoms. The number of hydrogen-bond acceptors (Lipinski definition) is 4. The van der Waals surface area contributed by atoms with Crippen molar-refractivity contribution in [1.29, 1.82) is 0 Å². The number of nitrogens with zero attached hydrogens (tertiary/aromatic N) is 2. The van der Waals surface area contributed by atoms with E-state index in [-0.39, 0.29) is 17.9 Å². The van der Waals surface area contributed by atoms with E-state index in [2.05, 4.69) is 15.2 Å². The van der Waals surface area contributed by atoms with Crippen LogP contribution in [0.1, 0.15) is 81.7 Å². The Morgan fingerprint density at radius 2 is 1.60 bits per heavy atom. The van der Waals surface area contributed by atoms with Gasteiger partial charge in [-0.15, -0.1) is 0 Å². The van der Waals surface area contributed by atoms with Crippen molar-refractivity contribution in [2.45, 2.75) is 78.3 Å². The van der Waals surface area contributed by atoms with Crippen LogP contribution in [0.4, 0.5) is 22.0 Å². The molecule has 0 saturated carbocycles. The average Bonchev–Trinajstić information content (AvgIpc) is 2.91. The maximum absolute atomic E-state index is 14.2. The topological polar surface area (TPSA) is 44.7 Å². The van der Waals surface area contributed by atoms with Crippen LogP contribution in [0, 0.1) is 12.8 Å². The highest BCUT2D eigenvalue weighted by atomic mass is 19.4. The van der Waals surface area contributed by atoms with Crippen LogP contribution < -0.4 is 5.32 Å². The average molecular weight is 604 g/mol. The number of benzene rings is 2. The Hall–Kier alpha value is -3.49. The number of allylic oxidation sites excluding steroid dienone is 2. The number of aryl methyl sites for hydroxylation is 1. The van der Waals surface area contributed by atoms with Crippen molar-refractivity contribution >= 4 is 17.6 Å². The largest absolute Gasteiger partial charge is 0.416 e. The lowest BCUT2D eigenvalue weighted by molar-refractivity contribution is -0.137. The van der Waals surface area contributed by atoms with Gasteiger partial charge in [-0.1, -0.05) is 38.1 Å². The molecule has 0 amide bonds. The molecule has 2 aromatic carbocycles. The van der Waals surface area contributed by atoms with Gasteiger partial charge in [0.2, 0.25) is 0 Å². The summed E-state index contributed by atoms with van der Waals surface area (Å²) in [6, 6.07) is 10.5. The predicted molar refractivity (Wildman–Crippen MR) is 163 cm³/mol.